The molecule has 0 heterocycles. The van der Waals surface area contributed by atoms with Crippen LogP contribution in [0.4, 0.5) is 13.2 Å². The van der Waals surface area contributed by atoms with Crippen LogP contribution < -0.4 is 4.74 Å². The number of benzene rings is 1. The summed E-state index contributed by atoms with van der Waals surface area (Å²) >= 11 is 0. The molecule has 0 radical (unpaired) electrons. The maximum absolute atomic E-state index is 13.0. The molecule has 0 amide bonds. The molecule has 1 rings (SSSR count). The number of aliphatic hydroxyl groups is 1. The SMILES string of the molecule is Cc1c(F)cc(OCCO)c(F)c1F. The topological polar surface area (TPSA) is 29.5 Å². The summed E-state index contributed by atoms with van der Waals surface area (Å²) in [6.45, 7) is 0.568. The van der Waals surface area contributed by atoms with Crippen molar-refractivity contribution in [3.8, 4) is 5.75 Å². The number of hydrogen-bond donors (Lipinski definition) is 1. The van der Waals surface area contributed by atoms with Crippen LogP contribution in [0.2, 0.25) is 0 Å². The van der Waals surface area contributed by atoms with E-state index in [-0.39, 0.29) is 18.8 Å². The van der Waals surface area contributed by atoms with Crippen LogP contribution in [0.15, 0.2) is 6.07 Å². The minimum absolute atomic E-state index is 0.209. The van der Waals surface area contributed by atoms with Gasteiger partial charge in [0.1, 0.15) is 12.4 Å². The Balaban J connectivity index is 3.06. The molecule has 0 bridgehead atoms. The average Bonchev–Trinajstić information content (AvgIpc) is 2.18. The lowest BCUT2D eigenvalue weighted by molar-refractivity contribution is 0.194. The molecule has 0 saturated heterocycles. The normalized spacial score (nSPS) is 10.4. The second-order valence-electron chi connectivity index (χ2n) is 2.68. The summed E-state index contributed by atoms with van der Waals surface area (Å²) in [7, 11) is 0. The quantitative estimate of drug-likeness (QED) is 0.764. The molecule has 0 aromatic heterocycles. The van der Waals surface area contributed by atoms with Crippen molar-refractivity contribution in [2.75, 3.05) is 13.2 Å². The molecule has 1 aromatic carbocycles. The van der Waals surface area contributed by atoms with E-state index in [1.54, 1.807) is 0 Å². The molecule has 14 heavy (non-hydrogen) atoms. The number of aliphatic hydroxyl groups excluding tert-OH is 1. The standard InChI is InChI=1S/C9H9F3O2/c1-5-6(10)4-7(14-3-2-13)9(12)8(5)11/h4,13H,2-3H2,1H3. The van der Waals surface area contributed by atoms with Gasteiger partial charge in [-0.3, -0.25) is 0 Å². The third-order valence-corrected chi connectivity index (χ3v) is 1.70. The highest BCUT2D eigenvalue weighted by atomic mass is 19.2. The van der Waals surface area contributed by atoms with Gasteiger partial charge in [-0.15, -0.1) is 0 Å². The summed E-state index contributed by atoms with van der Waals surface area (Å²) in [5.41, 5.74) is -0.390. The molecule has 5 heteroatoms. The lowest BCUT2D eigenvalue weighted by Gasteiger charge is -2.08. The van der Waals surface area contributed by atoms with Crippen LogP contribution in [0.1, 0.15) is 5.56 Å². The molecule has 0 fully saturated rings. The molecule has 2 nitrogen and oxygen atoms in total. The van der Waals surface area contributed by atoms with Crippen molar-refractivity contribution in [2.45, 2.75) is 6.92 Å². The van der Waals surface area contributed by atoms with E-state index >= 15 is 0 Å². The Morgan fingerprint density at radius 3 is 2.50 bits per heavy atom. The van der Waals surface area contributed by atoms with E-state index in [4.69, 9.17) is 5.11 Å². The molecule has 0 unspecified atom stereocenters. The van der Waals surface area contributed by atoms with Crippen LogP contribution in [0, 0.1) is 24.4 Å². The van der Waals surface area contributed by atoms with Crippen LogP contribution in [0.25, 0.3) is 0 Å². The Labute approximate surface area is 78.9 Å². The van der Waals surface area contributed by atoms with Gasteiger partial charge in [0.25, 0.3) is 0 Å². The summed E-state index contributed by atoms with van der Waals surface area (Å²) in [5.74, 6) is -3.91. The molecular formula is C9H9F3O2. The zero-order chi connectivity index (χ0) is 10.7. The first kappa shape index (κ1) is 10.8. The molecule has 0 atom stereocenters. The Morgan fingerprint density at radius 1 is 1.29 bits per heavy atom. The molecule has 0 aliphatic rings. The largest absolute Gasteiger partial charge is 0.488 e. The van der Waals surface area contributed by atoms with Gasteiger partial charge in [0, 0.05) is 11.6 Å². The van der Waals surface area contributed by atoms with Gasteiger partial charge in [-0.1, -0.05) is 0 Å². The van der Waals surface area contributed by atoms with E-state index in [9.17, 15) is 13.2 Å². The van der Waals surface area contributed by atoms with Gasteiger partial charge in [0.2, 0.25) is 5.82 Å². The fourth-order valence-corrected chi connectivity index (χ4v) is 0.925. The van der Waals surface area contributed by atoms with Gasteiger partial charge in [-0.05, 0) is 6.92 Å². The maximum atomic E-state index is 13.0. The number of halogens is 3. The molecule has 0 saturated carbocycles. The lowest BCUT2D eigenvalue weighted by Crippen LogP contribution is -2.06. The molecule has 0 spiro atoms. The highest BCUT2D eigenvalue weighted by molar-refractivity contribution is 5.31. The van der Waals surface area contributed by atoms with Gasteiger partial charge < -0.3 is 9.84 Å². The summed E-state index contributed by atoms with van der Waals surface area (Å²) in [5, 5.41) is 8.38. The number of rotatable bonds is 3. The fourth-order valence-electron chi connectivity index (χ4n) is 0.925. The van der Waals surface area contributed by atoms with Crippen molar-refractivity contribution in [3.63, 3.8) is 0 Å². The summed E-state index contributed by atoms with van der Waals surface area (Å²) in [6, 6.07) is 0.753. The van der Waals surface area contributed by atoms with Crippen molar-refractivity contribution < 1.29 is 23.0 Å². The van der Waals surface area contributed by atoms with Crippen LogP contribution in [0.3, 0.4) is 0 Å². The first-order valence-corrected chi connectivity index (χ1v) is 3.95. The molecular weight excluding hydrogens is 197 g/mol. The van der Waals surface area contributed by atoms with Crippen LogP contribution in [-0.2, 0) is 0 Å². The smallest absolute Gasteiger partial charge is 0.201 e. The number of ether oxygens (including phenoxy) is 1. The zero-order valence-corrected chi connectivity index (χ0v) is 7.48. The Bertz CT molecular complexity index is 339. The van der Waals surface area contributed by atoms with E-state index in [2.05, 4.69) is 4.74 Å². The molecule has 0 aliphatic heterocycles. The summed E-state index contributed by atoms with van der Waals surface area (Å²) in [6.07, 6.45) is 0. The monoisotopic (exact) mass is 206 g/mol. The van der Waals surface area contributed by atoms with Crippen molar-refractivity contribution >= 4 is 0 Å². The van der Waals surface area contributed by atoms with Crippen molar-refractivity contribution in [2.24, 2.45) is 0 Å². The highest BCUT2D eigenvalue weighted by Crippen LogP contribution is 2.24. The predicted molar refractivity (Wildman–Crippen MR) is 43.6 cm³/mol. The predicted octanol–water partition coefficient (Wildman–Crippen LogP) is 1.78. The second-order valence-corrected chi connectivity index (χ2v) is 2.68. The fraction of sp³-hybridized carbons (Fsp3) is 0.333. The van der Waals surface area contributed by atoms with E-state index < -0.39 is 23.2 Å². The zero-order valence-electron chi connectivity index (χ0n) is 7.48. The molecule has 0 aliphatic carbocycles. The maximum Gasteiger partial charge on any atom is 0.201 e. The molecule has 78 valence electrons. The molecule has 1 N–H and O–H groups in total. The summed E-state index contributed by atoms with van der Waals surface area (Å²) < 4.78 is 43.4. The van der Waals surface area contributed by atoms with Gasteiger partial charge in [0.05, 0.1) is 6.61 Å². The van der Waals surface area contributed by atoms with Crippen LogP contribution in [-0.4, -0.2) is 18.3 Å². The van der Waals surface area contributed by atoms with E-state index in [0.717, 1.165) is 13.0 Å². The Hall–Kier alpha value is -1.23. The first-order valence-electron chi connectivity index (χ1n) is 3.95. The van der Waals surface area contributed by atoms with E-state index in [0.29, 0.717) is 0 Å². The van der Waals surface area contributed by atoms with Gasteiger partial charge >= 0.3 is 0 Å². The van der Waals surface area contributed by atoms with Gasteiger partial charge in [-0.25, -0.2) is 8.78 Å². The minimum Gasteiger partial charge on any atom is -0.488 e. The van der Waals surface area contributed by atoms with Crippen LogP contribution >= 0.6 is 0 Å². The molecule has 1 aromatic rings. The van der Waals surface area contributed by atoms with Crippen LogP contribution in [0.5, 0.6) is 5.75 Å². The Kier molecular flexibility index (Phi) is 3.35. The first-order chi connectivity index (χ1) is 6.57. The Morgan fingerprint density at radius 2 is 1.93 bits per heavy atom. The highest BCUT2D eigenvalue weighted by Gasteiger charge is 2.16. The third-order valence-electron chi connectivity index (χ3n) is 1.70. The summed E-state index contributed by atoms with van der Waals surface area (Å²) in [4.78, 5) is 0. The van der Waals surface area contributed by atoms with Gasteiger partial charge in [-0.2, -0.15) is 4.39 Å². The average molecular weight is 206 g/mol. The lowest BCUT2D eigenvalue weighted by atomic mass is 10.2. The van der Waals surface area contributed by atoms with E-state index in [1.165, 1.54) is 0 Å². The van der Waals surface area contributed by atoms with Gasteiger partial charge in [0.15, 0.2) is 11.6 Å². The van der Waals surface area contributed by atoms with E-state index in [1.807, 2.05) is 0 Å². The number of hydrogen-bond acceptors (Lipinski definition) is 2. The van der Waals surface area contributed by atoms with Crippen molar-refractivity contribution in [1.82, 2.24) is 0 Å². The second kappa shape index (κ2) is 4.32. The minimum atomic E-state index is -1.27. The van der Waals surface area contributed by atoms with Crippen molar-refractivity contribution in [1.29, 1.82) is 0 Å². The van der Waals surface area contributed by atoms with Crippen molar-refractivity contribution in [3.05, 3.63) is 29.1 Å². The third kappa shape index (κ3) is 1.98.